The molecule has 1 heterocycles. The summed E-state index contributed by atoms with van der Waals surface area (Å²) in [5.74, 6) is 0.318. The van der Waals surface area contributed by atoms with Gasteiger partial charge in [-0.3, -0.25) is 4.79 Å². The fourth-order valence-electron chi connectivity index (χ4n) is 7.04. The summed E-state index contributed by atoms with van der Waals surface area (Å²) in [7, 11) is 1.59. The van der Waals surface area contributed by atoms with Gasteiger partial charge in [0.1, 0.15) is 5.76 Å². The molecule has 5 atom stereocenters. The summed E-state index contributed by atoms with van der Waals surface area (Å²) >= 11 is 0. The van der Waals surface area contributed by atoms with E-state index < -0.39 is 35.2 Å². The molecule has 1 saturated carbocycles. The van der Waals surface area contributed by atoms with E-state index in [1.54, 1.807) is 37.5 Å². The van der Waals surface area contributed by atoms with Crippen LogP contribution in [0.5, 0.6) is 11.5 Å². The lowest BCUT2D eigenvalue weighted by Crippen LogP contribution is -2.67. The summed E-state index contributed by atoms with van der Waals surface area (Å²) < 4.78 is 23.6. The van der Waals surface area contributed by atoms with Crippen LogP contribution in [0, 0.1) is 5.92 Å². The lowest BCUT2D eigenvalue weighted by atomic mass is 9.47. The van der Waals surface area contributed by atoms with Crippen LogP contribution in [0.25, 0.3) is 0 Å². The van der Waals surface area contributed by atoms with Crippen LogP contribution in [-0.2, 0) is 30.9 Å². The third-order valence-electron chi connectivity index (χ3n) is 8.60. The van der Waals surface area contributed by atoms with Crippen LogP contribution in [-0.4, -0.2) is 42.4 Å². The Morgan fingerprint density at radius 2 is 2.03 bits per heavy atom. The second-order valence-electron chi connectivity index (χ2n) is 10.4. The molecule has 0 radical (unpaired) electrons. The molecule has 4 aliphatic rings. The topological polar surface area (TPSA) is 117 Å². The number of aliphatic hydroxyl groups is 1. The highest BCUT2D eigenvalue weighted by Gasteiger charge is 2.71. The van der Waals surface area contributed by atoms with Gasteiger partial charge in [-0.05, 0) is 49.3 Å². The molecule has 2 aromatic carbocycles. The number of esters is 2. The van der Waals surface area contributed by atoms with Crippen LogP contribution >= 0.6 is 0 Å². The van der Waals surface area contributed by atoms with Crippen molar-refractivity contribution in [3.05, 3.63) is 71.0 Å². The highest BCUT2D eigenvalue weighted by Crippen LogP contribution is 2.67. The highest BCUT2D eigenvalue weighted by atomic mass is 16.6. The highest BCUT2D eigenvalue weighted by molar-refractivity contribution is 5.82. The van der Waals surface area contributed by atoms with Crippen LogP contribution in [0.15, 0.2) is 54.3 Å². The predicted molar refractivity (Wildman–Crippen MR) is 133 cm³/mol. The number of carbonyl (C=O) groups excluding carboxylic acids is 2. The molecule has 3 N–H and O–H groups in total. The molecule has 8 nitrogen and oxygen atoms in total. The minimum atomic E-state index is -1.25. The van der Waals surface area contributed by atoms with Crippen molar-refractivity contribution in [2.75, 3.05) is 13.7 Å². The van der Waals surface area contributed by atoms with E-state index >= 15 is 0 Å². The summed E-state index contributed by atoms with van der Waals surface area (Å²) in [6.07, 6.45) is 3.51. The molecule has 1 aliphatic heterocycles. The number of carbonyl (C=O) groups is 2. The Labute approximate surface area is 215 Å². The van der Waals surface area contributed by atoms with E-state index in [2.05, 4.69) is 6.07 Å². The number of methoxy groups -OCH3 is 1. The van der Waals surface area contributed by atoms with E-state index in [4.69, 9.17) is 24.7 Å². The van der Waals surface area contributed by atoms with Crippen molar-refractivity contribution in [3.63, 3.8) is 0 Å². The van der Waals surface area contributed by atoms with E-state index in [0.717, 1.165) is 30.4 Å². The molecule has 0 unspecified atom stereocenters. The van der Waals surface area contributed by atoms with Gasteiger partial charge in [0.15, 0.2) is 17.6 Å². The van der Waals surface area contributed by atoms with E-state index in [0.29, 0.717) is 35.7 Å². The Hall–Kier alpha value is -3.36. The molecule has 8 heteroatoms. The molecular formula is C29H31NO7. The van der Waals surface area contributed by atoms with Gasteiger partial charge >= 0.3 is 11.9 Å². The molecule has 37 heavy (non-hydrogen) atoms. The average molecular weight is 506 g/mol. The summed E-state index contributed by atoms with van der Waals surface area (Å²) in [4.78, 5) is 25.8. The third kappa shape index (κ3) is 3.42. The van der Waals surface area contributed by atoms with Crippen molar-refractivity contribution >= 4 is 11.9 Å². The molecule has 0 amide bonds. The first-order valence-electron chi connectivity index (χ1n) is 12.9. The van der Waals surface area contributed by atoms with Gasteiger partial charge in [-0.1, -0.05) is 42.8 Å². The SMILES string of the molecule is COc1ccc2c3c1O[C@@H]1C(OC(=O)[C@H](OC(=O)CCN)c4ccccc4)=CC[C@]4(O)[C@@H](CCC[C@@]314)C2. The normalized spacial score (nSPS) is 29.3. The number of hydrogen-bond acceptors (Lipinski definition) is 8. The summed E-state index contributed by atoms with van der Waals surface area (Å²) in [5, 5.41) is 12.2. The van der Waals surface area contributed by atoms with Crippen molar-refractivity contribution in [1.82, 2.24) is 0 Å². The first kappa shape index (κ1) is 24.0. The molecule has 6 rings (SSSR count). The molecular weight excluding hydrogens is 474 g/mol. The third-order valence-corrected chi connectivity index (χ3v) is 8.60. The Balaban J connectivity index is 1.38. The van der Waals surface area contributed by atoms with Gasteiger partial charge in [-0.25, -0.2) is 4.79 Å². The zero-order valence-electron chi connectivity index (χ0n) is 20.8. The maximum absolute atomic E-state index is 13.5. The van der Waals surface area contributed by atoms with Gasteiger partial charge in [0.25, 0.3) is 0 Å². The monoisotopic (exact) mass is 505 g/mol. The molecule has 0 saturated heterocycles. The van der Waals surface area contributed by atoms with Crippen LogP contribution in [0.2, 0.25) is 0 Å². The minimum Gasteiger partial charge on any atom is -0.493 e. The van der Waals surface area contributed by atoms with Crippen LogP contribution in [0.1, 0.15) is 54.9 Å². The van der Waals surface area contributed by atoms with E-state index in [1.165, 1.54) is 0 Å². The van der Waals surface area contributed by atoms with E-state index in [1.807, 2.05) is 12.1 Å². The Bertz CT molecular complexity index is 1270. The zero-order valence-corrected chi connectivity index (χ0v) is 20.8. The van der Waals surface area contributed by atoms with Crippen molar-refractivity contribution in [2.24, 2.45) is 11.7 Å². The van der Waals surface area contributed by atoms with Crippen molar-refractivity contribution in [1.29, 1.82) is 0 Å². The number of hydrogen-bond donors (Lipinski definition) is 2. The van der Waals surface area contributed by atoms with Crippen molar-refractivity contribution in [2.45, 2.75) is 61.7 Å². The van der Waals surface area contributed by atoms with Gasteiger partial charge < -0.3 is 29.8 Å². The lowest BCUT2D eigenvalue weighted by molar-refractivity contribution is -0.172. The molecule has 2 aromatic rings. The van der Waals surface area contributed by atoms with Crippen molar-refractivity contribution in [3.8, 4) is 11.5 Å². The summed E-state index contributed by atoms with van der Waals surface area (Å²) in [6, 6.07) is 12.7. The van der Waals surface area contributed by atoms with E-state index in [9.17, 15) is 14.7 Å². The Morgan fingerprint density at radius 3 is 2.78 bits per heavy atom. The molecule has 194 valence electrons. The first-order chi connectivity index (χ1) is 17.9. The van der Waals surface area contributed by atoms with Crippen LogP contribution < -0.4 is 15.2 Å². The molecule has 3 aliphatic carbocycles. The minimum absolute atomic E-state index is 0.0134. The second kappa shape index (κ2) is 8.89. The predicted octanol–water partition coefficient (Wildman–Crippen LogP) is 3.25. The van der Waals surface area contributed by atoms with Gasteiger partial charge in [-0.2, -0.15) is 0 Å². The van der Waals surface area contributed by atoms with Crippen molar-refractivity contribution < 1.29 is 33.6 Å². The average Bonchev–Trinajstić information content (AvgIpc) is 3.24. The Kier molecular flexibility index (Phi) is 5.76. The molecule has 0 aromatic heterocycles. The Morgan fingerprint density at radius 1 is 1.22 bits per heavy atom. The first-order valence-corrected chi connectivity index (χ1v) is 12.9. The van der Waals surface area contributed by atoms with Gasteiger partial charge in [0.2, 0.25) is 6.10 Å². The summed E-state index contributed by atoms with van der Waals surface area (Å²) in [6.45, 7) is 0.112. The number of benzene rings is 2. The quantitative estimate of drug-likeness (QED) is 0.551. The molecule has 1 fully saturated rings. The smallest absolute Gasteiger partial charge is 0.357 e. The maximum atomic E-state index is 13.5. The van der Waals surface area contributed by atoms with Crippen LogP contribution in [0.3, 0.4) is 0 Å². The maximum Gasteiger partial charge on any atom is 0.357 e. The van der Waals surface area contributed by atoms with Crippen LogP contribution in [0.4, 0.5) is 0 Å². The lowest BCUT2D eigenvalue weighted by Gasteiger charge is -2.59. The second-order valence-corrected chi connectivity index (χ2v) is 10.4. The number of nitrogens with two attached hydrogens (primary N) is 1. The number of ether oxygens (including phenoxy) is 4. The molecule has 1 spiro atoms. The number of rotatable bonds is 7. The largest absolute Gasteiger partial charge is 0.493 e. The fraction of sp³-hybridized carbons (Fsp3) is 0.448. The van der Waals surface area contributed by atoms with Gasteiger partial charge in [0, 0.05) is 17.7 Å². The van der Waals surface area contributed by atoms with E-state index in [-0.39, 0.29) is 18.9 Å². The van der Waals surface area contributed by atoms with Gasteiger partial charge in [0.05, 0.1) is 24.5 Å². The summed E-state index contributed by atoms with van der Waals surface area (Å²) in [5.41, 5.74) is 6.38. The van der Waals surface area contributed by atoms with Gasteiger partial charge in [-0.15, -0.1) is 0 Å². The zero-order chi connectivity index (χ0) is 25.8. The molecule has 2 bridgehead atoms. The standard InChI is InChI=1S/C29H31NO7/c1-34-20-10-9-18-16-19-8-5-13-28-23(18)25(20)37-26(28)21(11-14-29(19,28)33)35-27(32)24(36-22(31)12-15-30)17-6-3-2-4-7-17/h2-4,6-7,9-11,19,24,26,33H,5,8,12-16,30H2,1H3/t19-,24+,26+,28+,29-/m0/s1. The fourth-order valence-corrected chi connectivity index (χ4v) is 7.04.